The van der Waals surface area contributed by atoms with Gasteiger partial charge in [0.1, 0.15) is 18.5 Å². The van der Waals surface area contributed by atoms with Crippen LogP contribution in [0, 0.1) is 0 Å². The molecule has 10 nitrogen and oxygen atoms in total. The average Bonchev–Trinajstić information content (AvgIpc) is 3.59. The number of H-pyrrole nitrogens is 1. The van der Waals surface area contributed by atoms with Crippen LogP contribution in [0.3, 0.4) is 0 Å². The highest BCUT2D eigenvalue weighted by Crippen LogP contribution is 2.37. The maximum absolute atomic E-state index is 13.4. The molecule has 3 N–H and O–H groups in total. The Hall–Kier alpha value is -5.06. The van der Waals surface area contributed by atoms with Gasteiger partial charge in [-0.05, 0) is 80.0 Å². The third kappa shape index (κ3) is 5.73. The molecule has 1 aromatic heterocycles. The molecule has 2 amide bonds. The number of aromatic amines is 1. The maximum Gasteiger partial charge on any atom is 0.261 e. The fraction of sp³-hybridized carbons (Fsp3) is 0.278. The van der Waals surface area contributed by atoms with Crippen LogP contribution in [-0.4, -0.2) is 82.9 Å². The normalized spacial score (nSPS) is 17.1. The summed E-state index contributed by atoms with van der Waals surface area (Å²) in [6.07, 6.45) is 2.54. The Morgan fingerprint density at radius 3 is 2.48 bits per heavy atom. The Bertz CT molecular complexity index is 1890. The van der Waals surface area contributed by atoms with Gasteiger partial charge in [0.05, 0.1) is 33.8 Å². The summed E-state index contributed by atoms with van der Waals surface area (Å²) in [6.45, 7) is 1.88. The molecule has 0 aliphatic carbocycles. The molecule has 0 saturated carbocycles. The van der Waals surface area contributed by atoms with E-state index in [-0.39, 0.29) is 36.6 Å². The number of amides is 2. The summed E-state index contributed by atoms with van der Waals surface area (Å²) in [5.41, 5.74) is 5.31. The zero-order chi connectivity index (χ0) is 31.8. The Labute approximate surface area is 266 Å². The van der Waals surface area contributed by atoms with Gasteiger partial charge in [0.25, 0.3) is 17.4 Å². The molecular weight excluding hydrogens is 582 g/mol. The number of aliphatic imine (C=N–C) groups is 1. The number of hydrogen-bond donors (Lipinski definition) is 3. The summed E-state index contributed by atoms with van der Waals surface area (Å²) in [6, 6.07) is 22.8. The second kappa shape index (κ2) is 12.4. The minimum Gasteiger partial charge on any atom is -0.491 e. The van der Waals surface area contributed by atoms with Crippen molar-refractivity contribution in [3.05, 3.63) is 112 Å². The summed E-state index contributed by atoms with van der Waals surface area (Å²) >= 11 is 0. The monoisotopic (exact) mass is 617 g/mol. The number of rotatable bonds is 9. The highest BCUT2D eigenvalue weighted by Gasteiger charge is 2.42. The van der Waals surface area contributed by atoms with E-state index in [0.717, 1.165) is 42.6 Å². The van der Waals surface area contributed by atoms with Gasteiger partial charge in [-0.25, -0.2) is 0 Å². The highest BCUT2D eigenvalue weighted by atomic mass is 16.5. The molecule has 3 aromatic carbocycles. The number of hydrogen-bond acceptors (Lipinski definition) is 8. The Morgan fingerprint density at radius 1 is 0.957 bits per heavy atom. The van der Waals surface area contributed by atoms with Crippen molar-refractivity contribution in [2.24, 2.45) is 4.99 Å². The Morgan fingerprint density at radius 2 is 1.70 bits per heavy atom. The van der Waals surface area contributed by atoms with E-state index >= 15 is 0 Å². The lowest BCUT2D eigenvalue weighted by atomic mass is 10.00. The number of likely N-dealkylation sites (tertiary alicyclic amines) is 1. The molecule has 0 bridgehead atoms. The molecule has 10 heteroatoms. The topological polar surface area (TPSA) is 127 Å². The molecule has 234 valence electrons. The molecule has 1 atom stereocenters. The van der Waals surface area contributed by atoms with Crippen molar-refractivity contribution in [1.82, 2.24) is 14.8 Å². The number of imide groups is 1. The Kier molecular flexibility index (Phi) is 7.98. The summed E-state index contributed by atoms with van der Waals surface area (Å²) in [5.74, 6) is 0.117. The summed E-state index contributed by atoms with van der Waals surface area (Å²) in [5, 5.41) is 13.9. The van der Waals surface area contributed by atoms with E-state index in [4.69, 9.17) is 9.73 Å². The van der Waals surface area contributed by atoms with Crippen molar-refractivity contribution in [3.63, 3.8) is 0 Å². The van der Waals surface area contributed by atoms with Gasteiger partial charge >= 0.3 is 0 Å². The van der Waals surface area contributed by atoms with Crippen LogP contribution in [-0.2, 0) is 6.42 Å². The minimum absolute atomic E-state index is 0.0539. The van der Waals surface area contributed by atoms with Gasteiger partial charge in [-0.3, -0.25) is 24.3 Å². The van der Waals surface area contributed by atoms with E-state index < -0.39 is 6.10 Å². The number of pyridine rings is 1. The molecule has 4 heterocycles. The standard InChI is InChI=1S/C36H35N5O5/c1-40-14-11-25(12-15-40)41-35(44)28-17-24-18-32(39-31(24)19-29(28)36(41)45)33-30(10-13-37-34(33)43)38-20-26(42)21-46-27-9-5-8-23(16-27)22-6-3-2-4-7-22/h2-10,13,16-17,19,25-26,42H,11-12,14-15,18,20-21H2,1H3,(H2,37,38,43). The van der Waals surface area contributed by atoms with Crippen molar-refractivity contribution in [3.8, 4) is 16.9 Å². The number of benzene rings is 3. The number of aliphatic hydroxyl groups excluding tert-OH is 1. The van der Waals surface area contributed by atoms with E-state index in [1.807, 2.05) is 61.6 Å². The van der Waals surface area contributed by atoms with Crippen LogP contribution in [0.5, 0.6) is 5.75 Å². The molecule has 4 aromatic rings. The number of aromatic nitrogens is 1. The quantitative estimate of drug-likeness (QED) is 0.240. The zero-order valence-corrected chi connectivity index (χ0v) is 25.5. The van der Waals surface area contributed by atoms with Crippen molar-refractivity contribution in [2.75, 3.05) is 38.6 Å². The van der Waals surface area contributed by atoms with Crippen molar-refractivity contribution in [2.45, 2.75) is 31.4 Å². The van der Waals surface area contributed by atoms with Crippen molar-refractivity contribution < 1.29 is 19.4 Å². The second-order valence-corrected chi connectivity index (χ2v) is 12.1. The third-order valence-corrected chi connectivity index (χ3v) is 8.94. The van der Waals surface area contributed by atoms with E-state index in [9.17, 15) is 19.5 Å². The van der Waals surface area contributed by atoms with Gasteiger partial charge in [-0.1, -0.05) is 42.5 Å². The first-order chi connectivity index (χ1) is 22.4. The van der Waals surface area contributed by atoms with Gasteiger partial charge in [0, 0.05) is 25.2 Å². The predicted molar refractivity (Wildman–Crippen MR) is 176 cm³/mol. The number of carbonyl (C=O) groups is 2. The van der Waals surface area contributed by atoms with Gasteiger partial charge in [0.2, 0.25) is 0 Å². The number of fused-ring (bicyclic) bond motifs is 2. The molecule has 7 rings (SSSR count). The molecule has 1 fully saturated rings. The molecule has 3 aliphatic heterocycles. The third-order valence-electron chi connectivity index (χ3n) is 8.94. The minimum atomic E-state index is -0.859. The lowest BCUT2D eigenvalue weighted by Gasteiger charge is -2.33. The first-order valence-electron chi connectivity index (χ1n) is 15.6. The van der Waals surface area contributed by atoms with E-state index in [1.54, 1.807) is 18.2 Å². The smallest absolute Gasteiger partial charge is 0.261 e. The lowest BCUT2D eigenvalue weighted by Crippen LogP contribution is -2.46. The zero-order valence-electron chi connectivity index (χ0n) is 25.5. The first-order valence-corrected chi connectivity index (χ1v) is 15.6. The van der Waals surface area contributed by atoms with Gasteiger partial charge in [0.15, 0.2) is 0 Å². The van der Waals surface area contributed by atoms with E-state index in [0.29, 0.717) is 45.9 Å². The summed E-state index contributed by atoms with van der Waals surface area (Å²) in [4.78, 5) is 50.9. The fourth-order valence-corrected chi connectivity index (χ4v) is 6.47. The number of ether oxygens (including phenoxy) is 1. The molecular formula is C36H35N5O5. The molecule has 1 saturated heterocycles. The number of carbonyl (C=O) groups excluding carboxylic acids is 2. The number of nitrogens with one attached hydrogen (secondary N) is 2. The van der Waals surface area contributed by atoms with Crippen LogP contribution in [0.1, 0.15) is 44.7 Å². The molecule has 0 radical (unpaired) electrons. The van der Waals surface area contributed by atoms with Crippen LogP contribution in [0.15, 0.2) is 88.8 Å². The highest BCUT2D eigenvalue weighted by molar-refractivity contribution is 6.22. The molecule has 0 spiro atoms. The van der Waals surface area contributed by atoms with E-state index in [1.165, 1.54) is 11.1 Å². The van der Waals surface area contributed by atoms with Crippen LogP contribution in [0.2, 0.25) is 0 Å². The van der Waals surface area contributed by atoms with Gasteiger partial charge in [-0.2, -0.15) is 0 Å². The SMILES string of the molecule is CN1CCC(N2C(=O)c3cc4c(cc3C2=O)N=C(c2c(NCC(O)COc3cccc(-c5ccccc5)c3)cc[nH]c2=O)C4)CC1. The largest absolute Gasteiger partial charge is 0.491 e. The molecule has 3 aliphatic rings. The number of piperidine rings is 1. The predicted octanol–water partition coefficient (Wildman–Crippen LogP) is 4.26. The maximum atomic E-state index is 13.4. The Balaban J connectivity index is 1.03. The second-order valence-electron chi connectivity index (χ2n) is 12.1. The van der Waals surface area contributed by atoms with Crippen LogP contribution in [0.25, 0.3) is 11.1 Å². The summed E-state index contributed by atoms with van der Waals surface area (Å²) in [7, 11) is 2.04. The van der Waals surface area contributed by atoms with Gasteiger partial charge < -0.3 is 25.0 Å². The van der Waals surface area contributed by atoms with Gasteiger partial charge in [-0.15, -0.1) is 0 Å². The van der Waals surface area contributed by atoms with E-state index in [2.05, 4.69) is 15.2 Å². The number of anilines is 1. The molecule has 46 heavy (non-hydrogen) atoms. The van der Waals surface area contributed by atoms with Crippen molar-refractivity contribution in [1.29, 1.82) is 0 Å². The van der Waals surface area contributed by atoms with Crippen LogP contribution in [0.4, 0.5) is 11.4 Å². The number of nitrogens with zero attached hydrogens (tertiary/aromatic N) is 3. The van der Waals surface area contributed by atoms with Crippen LogP contribution < -0.4 is 15.6 Å². The average molecular weight is 618 g/mol. The number of aliphatic hydroxyl groups is 1. The fourth-order valence-electron chi connectivity index (χ4n) is 6.47. The first kappa shape index (κ1) is 29.6. The van der Waals surface area contributed by atoms with Crippen molar-refractivity contribution >= 4 is 28.9 Å². The van der Waals surface area contributed by atoms with Crippen LogP contribution >= 0.6 is 0 Å². The lowest BCUT2D eigenvalue weighted by molar-refractivity contribution is 0.0516. The summed E-state index contributed by atoms with van der Waals surface area (Å²) < 4.78 is 5.88. The molecule has 1 unspecified atom stereocenters.